The number of nitrogens with one attached hydrogen (secondary N) is 1. The Morgan fingerprint density at radius 1 is 1.19 bits per heavy atom. The van der Waals surface area contributed by atoms with E-state index < -0.39 is 10.0 Å². The quantitative estimate of drug-likeness (QED) is 0.723. The maximum absolute atomic E-state index is 12.5. The fourth-order valence-electron chi connectivity index (χ4n) is 2.33. The van der Waals surface area contributed by atoms with Crippen LogP contribution in [-0.4, -0.2) is 14.5 Å². The number of hydrogen-bond donors (Lipinski definition) is 2. The molecule has 1 aromatic carbocycles. The molecule has 0 aliphatic heterocycles. The smallest absolute Gasteiger partial charge is 0.241 e. The van der Waals surface area contributed by atoms with Crippen molar-refractivity contribution in [2.75, 3.05) is 5.73 Å². The van der Waals surface area contributed by atoms with E-state index in [0.29, 0.717) is 22.9 Å². The van der Waals surface area contributed by atoms with Crippen LogP contribution in [0.3, 0.4) is 0 Å². The molecular formula is C16H28N2O2S. The molecule has 1 aromatic rings. The Bertz CT molecular complexity index is 553. The lowest BCUT2D eigenvalue weighted by atomic mass is 10.0. The Morgan fingerprint density at radius 3 is 2.43 bits per heavy atom. The molecule has 0 aliphatic rings. The Labute approximate surface area is 129 Å². The molecule has 3 N–H and O–H groups in total. The van der Waals surface area contributed by atoms with E-state index >= 15 is 0 Å². The van der Waals surface area contributed by atoms with E-state index in [1.807, 2.05) is 13.8 Å². The number of benzene rings is 1. The molecular weight excluding hydrogens is 284 g/mol. The molecule has 0 aliphatic carbocycles. The van der Waals surface area contributed by atoms with Crippen molar-refractivity contribution in [3.63, 3.8) is 0 Å². The number of sulfonamides is 1. The van der Waals surface area contributed by atoms with Gasteiger partial charge in [0.25, 0.3) is 0 Å². The van der Waals surface area contributed by atoms with E-state index in [-0.39, 0.29) is 6.04 Å². The van der Waals surface area contributed by atoms with Gasteiger partial charge in [0.1, 0.15) is 0 Å². The van der Waals surface area contributed by atoms with Gasteiger partial charge in [-0.3, -0.25) is 0 Å². The van der Waals surface area contributed by atoms with Crippen LogP contribution in [0.5, 0.6) is 0 Å². The summed E-state index contributed by atoms with van der Waals surface area (Å²) in [7, 11) is -3.51. The largest absolute Gasteiger partial charge is 0.399 e. The highest BCUT2D eigenvalue weighted by Crippen LogP contribution is 2.20. The molecule has 0 aromatic heterocycles. The lowest BCUT2D eigenvalue weighted by Crippen LogP contribution is -2.33. The van der Waals surface area contributed by atoms with Gasteiger partial charge in [0, 0.05) is 11.7 Å². The number of nitrogens with two attached hydrogens (primary N) is 1. The van der Waals surface area contributed by atoms with Gasteiger partial charge >= 0.3 is 0 Å². The number of nitrogen functional groups attached to an aromatic ring is 1. The topological polar surface area (TPSA) is 72.2 Å². The number of rotatable bonds is 8. The lowest BCUT2D eigenvalue weighted by molar-refractivity contribution is 0.488. The summed E-state index contributed by atoms with van der Waals surface area (Å²) in [4.78, 5) is 0.306. The molecule has 1 rings (SSSR count). The zero-order chi connectivity index (χ0) is 16.0. The molecule has 0 fully saturated rings. The maximum Gasteiger partial charge on any atom is 0.241 e. The van der Waals surface area contributed by atoms with Crippen LogP contribution in [0.1, 0.15) is 52.5 Å². The van der Waals surface area contributed by atoms with Gasteiger partial charge in [-0.25, -0.2) is 13.1 Å². The Morgan fingerprint density at radius 2 is 1.86 bits per heavy atom. The summed E-state index contributed by atoms with van der Waals surface area (Å²) in [6.07, 6.45) is 3.66. The van der Waals surface area contributed by atoms with Gasteiger partial charge in [0.15, 0.2) is 0 Å². The van der Waals surface area contributed by atoms with E-state index in [2.05, 4.69) is 18.6 Å². The summed E-state index contributed by atoms with van der Waals surface area (Å²) in [5.74, 6) is 0.648. The second kappa shape index (κ2) is 7.80. The molecule has 0 saturated carbocycles. The Kier molecular flexibility index (Phi) is 6.68. The van der Waals surface area contributed by atoms with E-state index in [1.165, 1.54) is 0 Å². The molecule has 0 saturated heterocycles. The fraction of sp³-hybridized carbons (Fsp3) is 0.625. The summed E-state index contributed by atoms with van der Waals surface area (Å²) < 4.78 is 27.8. The molecule has 0 radical (unpaired) electrons. The third kappa shape index (κ3) is 5.67. The van der Waals surface area contributed by atoms with Crippen molar-refractivity contribution < 1.29 is 8.42 Å². The normalized spacial score (nSPS) is 13.6. The molecule has 5 heteroatoms. The molecule has 1 unspecified atom stereocenters. The standard InChI is InChI=1S/C16H28N2O2S/c1-5-14-9-10-15(17)11-16(14)21(19,20)18-13(4)8-6-7-12(2)3/h9-13,18H,5-8,17H2,1-4H3. The first kappa shape index (κ1) is 18.0. The number of hydrogen-bond acceptors (Lipinski definition) is 3. The van der Waals surface area contributed by atoms with Crippen LogP contribution >= 0.6 is 0 Å². The Balaban J connectivity index is 2.79. The highest BCUT2D eigenvalue weighted by atomic mass is 32.2. The highest BCUT2D eigenvalue weighted by Gasteiger charge is 2.20. The first-order valence-corrected chi connectivity index (χ1v) is 9.15. The molecule has 4 nitrogen and oxygen atoms in total. The van der Waals surface area contributed by atoms with Crippen LogP contribution in [0.2, 0.25) is 0 Å². The van der Waals surface area contributed by atoms with Gasteiger partial charge in [0.05, 0.1) is 4.90 Å². The van der Waals surface area contributed by atoms with Gasteiger partial charge in [-0.05, 0) is 43.4 Å². The van der Waals surface area contributed by atoms with Crippen LogP contribution in [0.4, 0.5) is 5.69 Å². The summed E-state index contributed by atoms with van der Waals surface area (Å²) >= 11 is 0. The molecule has 0 amide bonds. The van der Waals surface area contributed by atoms with Crippen molar-refractivity contribution in [2.45, 2.75) is 64.3 Å². The summed E-state index contributed by atoms with van der Waals surface area (Å²) in [6, 6.07) is 5.00. The van der Waals surface area contributed by atoms with E-state index in [4.69, 9.17) is 5.73 Å². The molecule has 21 heavy (non-hydrogen) atoms. The molecule has 0 bridgehead atoms. The molecule has 1 atom stereocenters. The zero-order valence-corrected chi connectivity index (χ0v) is 14.3. The molecule has 120 valence electrons. The van der Waals surface area contributed by atoms with Crippen molar-refractivity contribution in [2.24, 2.45) is 5.92 Å². The van der Waals surface area contributed by atoms with Crippen LogP contribution in [0.15, 0.2) is 23.1 Å². The zero-order valence-electron chi connectivity index (χ0n) is 13.5. The molecule has 0 spiro atoms. The predicted octanol–water partition coefficient (Wildman–Crippen LogP) is 3.32. The van der Waals surface area contributed by atoms with Crippen molar-refractivity contribution >= 4 is 15.7 Å². The second-order valence-corrected chi connectivity index (χ2v) is 7.75. The lowest BCUT2D eigenvalue weighted by Gasteiger charge is -2.17. The minimum atomic E-state index is -3.51. The summed E-state index contributed by atoms with van der Waals surface area (Å²) in [6.45, 7) is 8.20. The predicted molar refractivity (Wildman–Crippen MR) is 88.7 cm³/mol. The monoisotopic (exact) mass is 312 g/mol. The highest BCUT2D eigenvalue weighted by molar-refractivity contribution is 7.89. The maximum atomic E-state index is 12.5. The third-order valence-electron chi connectivity index (χ3n) is 3.54. The van der Waals surface area contributed by atoms with E-state index in [9.17, 15) is 8.42 Å². The Hall–Kier alpha value is -1.07. The van der Waals surface area contributed by atoms with Crippen LogP contribution in [-0.2, 0) is 16.4 Å². The summed E-state index contributed by atoms with van der Waals surface area (Å²) in [5, 5.41) is 0. The van der Waals surface area contributed by atoms with Crippen molar-refractivity contribution in [3.8, 4) is 0 Å². The minimum absolute atomic E-state index is 0.0695. The van der Waals surface area contributed by atoms with Gasteiger partial charge in [0.2, 0.25) is 10.0 Å². The fourth-order valence-corrected chi connectivity index (χ4v) is 3.96. The SMILES string of the molecule is CCc1ccc(N)cc1S(=O)(=O)NC(C)CCCC(C)C. The van der Waals surface area contributed by atoms with E-state index in [1.54, 1.807) is 18.2 Å². The average Bonchev–Trinajstić information content (AvgIpc) is 2.37. The first-order chi connectivity index (χ1) is 9.76. The van der Waals surface area contributed by atoms with E-state index in [0.717, 1.165) is 24.8 Å². The third-order valence-corrected chi connectivity index (χ3v) is 5.21. The summed E-state index contributed by atoms with van der Waals surface area (Å²) in [5.41, 5.74) is 7.00. The van der Waals surface area contributed by atoms with Gasteiger partial charge < -0.3 is 5.73 Å². The minimum Gasteiger partial charge on any atom is -0.399 e. The van der Waals surface area contributed by atoms with Gasteiger partial charge in [-0.1, -0.05) is 39.7 Å². The number of anilines is 1. The second-order valence-electron chi connectivity index (χ2n) is 6.07. The first-order valence-electron chi connectivity index (χ1n) is 7.67. The van der Waals surface area contributed by atoms with Gasteiger partial charge in [-0.2, -0.15) is 0 Å². The number of aryl methyl sites for hydroxylation is 1. The average molecular weight is 312 g/mol. The van der Waals surface area contributed by atoms with Crippen molar-refractivity contribution in [1.29, 1.82) is 0 Å². The van der Waals surface area contributed by atoms with Gasteiger partial charge in [-0.15, -0.1) is 0 Å². The molecule has 0 heterocycles. The van der Waals surface area contributed by atoms with Crippen LogP contribution in [0, 0.1) is 5.92 Å². The van der Waals surface area contributed by atoms with Crippen molar-refractivity contribution in [3.05, 3.63) is 23.8 Å². The van der Waals surface area contributed by atoms with Crippen molar-refractivity contribution in [1.82, 2.24) is 4.72 Å². The van der Waals surface area contributed by atoms with Crippen LogP contribution < -0.4 is 10.5 Å². The van der Waals surface area contributed by atoms with Crippen LogP contribution in [0.25, 0.3) is 0 Å².